The van der Waals surface area contributed by atoms with Crippen LogP contribution in [-0.2, 0) is 4.79 Å². The van der Waals surface area contributed by atoms with E-state index in [1.165, 1.54) is 31.7 Å². The molecule has 0 unspecified atom stereocenters. The van der Waals surface area contributed by atoms with Crippen LogP contribution in [0.5, 0.6) is 5.75 Å². The molecule has 0 spiro atoms. The number of nitrogens with zero attached hydrogens (tertiary/aromatic N) is 1. The minimum atomic E-state index is -0.393. The fraction of sp³-hybridized carbons (Fsp3) is 0.500. The molecule has 1 aliphatic heterocycles. The Bertz CT molecular complexity index is 828. The Morgan fingerprint density at radius 2 is 1.92 bits per heavy atom. The van der Waals surface area contributed by atoms with Crippen molar-refractivity contribution >= 4 is 16.9 Å². The molecule has 0 bridgehead atoms. The molecule has 4 rings (SSSR count). The van der Waals surface area contributed by atoms with E-state index in [4.69, 9.17) is 9.15 Å². The third kappa shape index (κ3) is 3.55. The highest BCUT2D eigenvalue weighted by Gasteiger charge is 2.32. The first-order chi connectivity index (χ1) is 12.2. The van der Waals surface area contributed by atoms with Crippen molar-refractivity contribution in [1.29, 1.82) is 0 Å². The van der Waals surface area contributed by atoms with Crippen LogP contribution in [0.1, 0.15) is 32.1 Å². The van der Waals surface area contributed by atoms with Gasteiger partial charge in [-0.3, -0.25) is 4.79 Å². The van der Waals surface area contributed by atoms with Crippen molar-refractivity contribution in [3.63, 3.8) is 0 Å². The third-order valence-electron chi connectivity index (χ3n) is 5.60. The summed E-state index contributed by atoms with van der Waals surface area (Å²) in [5.41, 5.74) is 0.0801. The van der Waals surface area contributed by atoms with E-state index in [1.807, 2.05) is 11.0 Å². The molecule has 2 heterocycles. The SMILES string of the molecule is O=C(COc1ccc2ccc(=O)oc2c1)N1CC[C@H]2CCCC[C@H]2C1. The van der Waals surface area contributed by atoms with Crippen LogP contribution in [0.15, 0.2) is 39.5 Å². The minimum absolute atomic E-state index is 0.0277. The summed E-state index contributed by atoms with van der Waals surface area (Å²) in [6.07, 6.45) is 6.33. The van der Waals surface area contributed by atoms with Gasteiger partial charge in [-0.25, -0.2) is 4.79 Å². The van der Waals surface area contributed by atoms with Crippen LogP contribution in [0, 0.1) is 11.8 Å². The highest BCUT2D eigenvalue weighted by atomic mass is 16.5. The second-order valence-corrected chi connectivity index (χ2v) is 7.18. The largest absolute Gasteiger partial charge is 0.484 e. The lowest BCUT2D eigenvalue weighted by Gasteiger charge is -2.41. The molecule has 0 N–H and O–H groups in total. The van der Waals surface area contributed by atoms with Gasteiger partial charge < -0.3 is 14.1 Å². The monoisotopic (exact) mass is 341 g/mol. The maximum Gasteiger partial charge on any atom is 0.336 e. The Morgan fingerprint density at radius 3 is 2.80 bits per heavy atom. The minimum Gasteiger partial charge on any atom is -0.484 e. The molecule has 2 aliphatic rings. The Morgan fingerprint density at radius 1 is 1.12 bits per heavy atom. The number of amides is 1. The molecule has 1 aliphatic carbocycles. The summed E-state index contributed by atoms with van der Waals surface area (Å²) in [6.45, 7) is 1.75. The highest BCUT2D eigenvalue weighted by Crippen LogP contribution is 2.36. The third-order valence-corrected chi connectivity index (χ3v) is 5.60. The number of ether oxygens (including phenoxy) is 1. The van der Waals surface area contributed by atoms with Crippen LogP contribution in [0.25, 0.3) is 11.0 Å². The molecule has 2 atom stereocenters. The molecule has 25 heavy (non-hydrogen) atoms. The lowest BCUT2D eigenvalue weighted by atomic mass is 9.75. The summed E-state index contributed by atoms with van der Waals surface area (Å²) in [5, 5.41) is 0.831. The molecular weight excluding hydrogens is 318 g/mol. The van der Waals surface area contributed by atoms with Gasteiger partial charge in [0.25, 0.3) is 5.91 Å². The summed E-state index contributed by atoms with van der Waals surface area (Å²) < 4.78 is 10.8. The zero-order chi connectivity index (χ0) is 17.2. The van der Waals surface area contributed by atoms with Crippen molar-refractivity contribution in [1.82, 2.24) is 4.90 Å². The summed E-state index contributed by atoms with van der Waals surface area (Å²) >= 11 is 0. The van der Waals surface area contributed by atoms with E-state index in [2.05, 4.69) is 0 Å². The first-order valence-electron chi connectivity index (χ1n) is 9.13. The number of piperidine rings is 1. The summed E-state index contributed by atoms with van der Waals surface area (Å²) in [4.78, 5) is 25.8. The van der Waals surface area contributed by atoms with E-state index in [0.717, 1.165) is 30.8 Å². The van der Waals surface area contributed by atoms with Crippen molar-refractivity contribution in [2.45, 2.75) is 32.1 Å². The molecule has 1 amide bonds. The molecule has 0 radical (unpaired) electrons. The zero-order valence-corrected chi connectivity index (χ0v) is 14.3. The van der Waals surface area contributed by atoms with Crippen LogP contribution in [0.3, 0.4) is 0 Å². The van der Waals surface area contributed by atoms with Crippen molar-refractivity contribution < 1.29 is 13.9 Å². The lowest BCUT2D eigenvalue weighted by Crippen LogP contribution is -2.46. The normalized spacial score (nSPS) is 23.3. The first kappa shape index (κ1) is 16.2. The number of carbonyl (C=O) groups is 1. The van der Waals surface area contributed by atoms with Crippen molar-refractivity contribution in [2.75, 3.05) is 19.7 Å². The van der Waals surface area contributed by atoms with Crippen molar-refractivity contribution in [3.8, 4) is 5.75 Å². The van der Waals surface area contributed by atoms with Crippen molar-refractivity contribution in [3.05, 3.63) is 40.8 Å². The Hall–Kier alpha value is -2.30. The second-order valence-electron chi connectivity index (χ2n) is 7.18. The van der Waals surface area contributed by atoms with Gasteiger partial charge in [-0.15, -0.1) is 0 Å². The second kappa shape index (κ2) is 6.90. The lowest BCUT2D eigenvalue weighted by molar-refractivity contribution is -0.136. The first-order valence-corrected chi connectivity index (χ1v) is 9.13. The van der Waals surface area contributed by atoms with Gasteiger partial charge in [0.1, 0.15) is 11.3 Å². The average Bonchev–Trinajstić information content (AvgIpc) is 2.65. The number of carbonyl (C=O) groups excluding carboxylic acids is 1. The molecular formula is C20H23NO4. The topological polar surface area (TPSA) is 59.8 Å². The van der Waals surface area contributed by atoms with E-state index in [-0.39, 0.29) is 12.5 Å². The Kier molecular flexibility index (Phi) is 4.47. The summed E-state index contributed by atoms with van der Waals surface area (Å²) in [6, 6.07) is 8.39. The van der Waals surface area contributed by atoms with Gasteiger partial charge in [-0.2, -0.15) is 0 Å². The molecule has 1 aromatic carbocycles. The molecule has 1 saturated carbocycles. The van der Waals surface area contributed by atoms with Gasteiger partial charge in [-0.1, -0.05) is 19.3 Å². The number of benzene rings is 1. The van der Waals surface area contributed by atoms with Gasteiger partial charge in [0.2, 0.25) is 0 Å². The number of hydrogen-bond acceptors (Lipinski definition) is 4. The van der Waals surface area contributed by atoms with Crippen LogP contribution in [0.4, 0.5) is 0 Å². The quantitative estimate of drug-likeness (QED) is 0.805. The molecule has 2 fully saturated rings. The van der Waals surface area contributed by atoms with Gasteiger partial charge in [0.15, 0.2) is 6.61 Å². The molecule has 1 saturated heterocycles. The fourth-order valence-corrected chi connectivity index (χ4v) is 4.19. The van der Waals surface area contributed by atoms with Crippen LogP contribution in [0.2, 0.25) is 0 Å². The van der Waals surface area contributed by atoms with Gasteiger partial charge in [-0.05, 0) is 42.9 Å². The molecule has 132 valence electrons. The number of hydrogen-bond donors (Lipinski definition) is 0. The average molecular weight is 341 g/mol. The molecule has 2 aromatic rings. The van der Waals surface area contributed by atoms with Crippen LogP contribution < -0.4 is 10.4 Å². The number of likely N-dealkylation sites (tertiary alicyclic amines) is 1. The smallest absolute Gasteiger partial charge is 0.336 e. The Labute approximate surface area is 146 Å². The number of fused-ring (bicyclic) bond motifs is 2. The summed E-state index contributed by atoms with van der Waals surface area (Å²) in [5.74, 6) is 2.06. The predicted octanol–water partition coefficient (Wildman–Crippen LogP) is 3.21. The standard InChI is InChI=1S/C20H23NO4/c22-19(21-10-9-14-3-1-2-4-16(14)12-21)13-24-17-7-5-15-6-8-20(23)25-18(15)11-17/h5-8,11,14,16H,1-4,9-10,12-13H2/t14-,16+/m1/s1. The predicted molar refractivity (Wildman–Crippen MR) is 94.6 cm³/mol. The van der Waals surface area contributed by atoms with E-state index in [0.29, 0.717) is 17.3 Å². The van der Waals surface area contributed by atoms with E-state index >= 15 is 0 Å². The van der Waals surface area contributed by atoms with Gasteiger partial charge >= 0.3 is 5.63 Å². The van der Waals surface area contributed by atoms with Crippen LogP contribution >= 0.6 is 0 Å². The highest BCUT2D eigenvalue weighted by molar-refractivity contribution is 5.79. The van der Waals surface area contributed by atoms with Crippen LogP contribution in [-0.4, -0.2) is 30.5 Å². The Balaban J connectivity index is 1.37. The zero-order valence-electron chi connectivity index (χ0n) is 14.3. The molecule has 5 heteroatoms. The molecule has 5 nitrogen and oxygen atoms in total. The van der Waals surface area contributed by atoms with Crippen molar-refractivity contribution in [2.24, 2.45) is 11.8 Å². The van der Waals surface area contributed by atoms with E-state index in [9.17, 15) is 9.59 Å². The van der Waals surface area contributed by atoms with E-state index in [1.54, 1.807) is 18.2 Å². The maximum atomic E-state index is 12.5. The maximum absolute atomic E-state index is 12.5. The van der Waals surface area contributed by atoms with E-state index < -0.39 is 5.63 Å². The fourth-order valence-electron chi connectivity index (χ4n) is 4.19. The number of rotatable bonds is 3. The summed E-state index contributed by atoms with van der Waals surface area (Å²) in [7, 11) is 0. The van der Waals surface area contributed by atoms with Gasteiger partial charge in [0.05, 0.1) is 0 Å². The van der Waals surface area contributed by atoms with Gasteiger partial charge in [0, 0.05) is 30.6 Å². The molecule has 1 aromatic heterocycles.